The molecule has 0 radical (unpaired) electrons. The number of imide groups is 1. The number of rotatable bonds is 8. The molecular weight excluding hydrogens is 452 g/mol. The molecule has 2 heterocycles. The molecule has 4 amide bonds. The summed E-state index contributed by atoms with van der Waals surface area (Å²) in [5, 5.41) is 5.77. The zero-order chi connectivity index (χ0) is 24.9. The monoisotopic (exact) mass is 492 g/mol. The molecular formula is C25H40N4O6. The number of urea groups is 1. The Balaban J connectivity index is 1.23. The minimum atomic E-state index is -0.895. The molecule has 4 rings (SSSR count). The average molecular weight is 493 g/mol. The van der Waals surface area contributed by atoms with Crippen molar-refractivity contribution in [2.75, 3.05) is 46.0 Å². The van der Waals surface area contributed by atoms with Crippen LogP contribution in [0.3, 0.4) is 0 Å². The lowest BCUT2D eigenvalue weighted by Crippen LogP contribution is -2.59. The molecule has 35 heavy (non-hydrogen) atoms. The van der Waals surface area contributed by atoms with E-state index in [1.165, 1.54) is 6.42 Å². The lowest BCUT2D eigenvalue weighted by molar-refractivity contribution is -0.151. The summed E-state index contributed by atoms with van der Waals surface area (Å²) >= 11 is 0. The van der Waals surface area contributed by atoms with Gasteiger partial charge in [-0.15, -0.1) is 0 Å². The van der Waals surface area contributed by atoms with Crippen molar-refractivity contribution in [1.29, 1.82) is 0 Å². The molecule has 0 atom stereocenters. The highest BCUT2D eigenvalue weighted by Crippen LogP contribution is 2.37. The average Bonchev–Trinajstić information content (AvgIpc) is 3.11. The maximum atomic E-state index is 13.0. The van der Waals surface area contributed by atoms with Gasteiger partial charge in [-0.1, -0.05) is 32.6 Å². The van der Waals surface area contributed by atoms with E-state index in [9.17, 15) is 19.2 Å². The quantitative estimate of drug-likeness (QED) is 0.390. The van der Waals surface area contributed by atoms with Crippen molar-refractivity contribution in [3.63, 3.8) is 0 Å². The Morgan fingerprint density at radius 2 is 1.77 bits per heavy atom. The SMILES string of the molecule is CCC1CCC2(CC1)NC(=O)N(CC(=O)OCC(=O)NCC1(N3CCOCC3)CCCCC1)C2=O. The fourth-order valence-electron chi connectivity index (χ4n) is 6.22. The van der Waals surface area contributed by atoms with Gasteiger partial charge >= 0.3 is 12.0 Å². The molecule has 0 bridgehead atoms. The molecule has 196 valence electrons. The molecule has 0 unspecified atom stereocenters. The molecule has 2 aliphatic heterocycles. The van der Waals surface area contributed by atoms with Crippen LogP contribution in [0.25, 0.3) is 0 Å². The molecule has 4 fully saturated rings. The van der Waals surface area contributed by atoms with Crippen LogP contribution >= 0.6 is 0 Å². The largest absolute Gasteiger partial charge is 0.454 e. The summed E-state index contributed by atoms with van der Waals surface area (Å²) in [6.07, 6.45) is 9.54. The fraction of sp³-hybridized carbons (Fsp3) is 0.840. The van der Waals surface area contributed by atoms with Gasteiger partial charge in [-0.3, -0.25) is 24.2 Å². The fourth-order valence-corrected chi connectivity index (χ4v) is 6.22. The van der Waals surface area contributed by atoms with E-state index in [4.69, 9.17) is 9.47 Å². The highest BCUT2D eigenvalue weighted by Gasteiger charge is 2.52. The Hall–Kier alpha value is -2.20. The first-order chi connectivity index (χ1) is 16.9. The Morgan fingerprint density at radius 3 is 2.43 bits per heavy atom. The van der Waals surface area contributed by atoms with Gasteiger partial charge in [0.05, 0.1) is 13.2 Å². The molecule has 2 aliphatic carbocycles. The third-order valence-electron chi connectivity index (χ3n) is 8.51. The van der Waals surface area contributed by atoms with Crippen LogP contribution < -0.4 is 10.6 Å². The van der Waals surface area contributed by atoms with E-state index >= 15 is 0 Å². The summed E-state index contributed by atoms with van der Waals surface area (Å²) in [6.45, 7) is 4.87. The Kier molecular flexibility index (Phi) is 8.31. The zero-order valence-corrected chi connectivity index (χ0v) is 20.9. The molecule has 1 spiro atoms. The minimum absolute atomic E-state index is 0.0765. The standard InChI is InChI=1S/C25H40N4O6/c1-2-19-6-10-25(11-7-19)22(32)29(23(33)27-25)16-21(31)35-17-20(30)26-18-24(8-4-3-5-9-24)28-12-14-34-15-13-28/h19H,2-18H2,1H3,(H,26,30)(H,27,33). The Morgan fingerprint density at radius 1 is 1.09 bits per heavy atom. The number of esters is 1. The van der Waals surface area contributed by atoms with Crippen LogP contribution in [-0.4, -0.2) is 90.7 Å². The lowest BCUT2D eigenvalue weighted by Gasteiger charge is -2.48. The molecule has 10 heteroatoms. The van der Waals surface area contributed by atoms with Crippen molar-refractivity contribution in [2.45, 2.75) is 82.2 Å². The lowest BCUT2D eigenvalue weighted by atomic mass is 9.75. The molecule has 2 saturated carbocycles. The number of hydrogen-bond acceptors (Lipinski definition) is 7. The second-order valence-electron chi connectivity index (χ2n) is 10.6. The van der Waals surface area contributed by atoms with Gasteiger partial charge < -0.3 is 20.1 Å². The first-order valence-electron chi connectivity index (χ1n) is 13.3. The van der Waals surface area contributed by atoms with Gasteiger partial charge in [0.2, 0.25) is 0 Å². The van der Waals surface area contributed by atoms with E-state index in [0.29, 0.717) is 38.5 Å². The number of hydrogen-bond donors (Lipinski definition) is 2. The first-order valence-corrected chi connectivity index (χ1v) is 13.3. The van der Waals surface area contributed by atoms with E-state index in [2.05, 4.69) is 22.5 Å². The van der Waals surface area contributed by atoms with E-state index in [1.54, 1.807) is 0 Å². The molecule has 0 aromatic carbocycles. The van der Waals surface area contributed by atoms with Crippen molar-refractivity contribution in [3.05, 3.63) is 0 Å². The summed E-state index contributed by atoms with van der Waals surface area (Å²) in [6, 6.07) is -0.559. The van der Waals surface area contributed by atoms with Gasteiger partial charge in [0.1, 0.15) is 12.1 Å². The van der Waals surface area contributed by atoms with Crippen molar-refractivity contribution in [2.24, 2.45) is 5.92 Å². The number of morpholine rings is 1. The Labute approximate surface area is 207 Å². The summed E-state index contributed by atoms with van der Waals surface area (Å²) in [5.41, 5.74) is -0.971. The van der Waals surface area contributed by atoms with Crippen molar-refractivity contribution in [3.8, 4) is 0 Å². The molecule has 0 aromatic rings. The number of nitrogens with one attached hydrogen (secondary N) is 2. The summed E-state index contributed by atoms with van der Waals surface area (Å²) in [4.78, 5) is 53.6. The van der Waals surface area contributed by atoms with Crippen LogP contribution in [0.2, 0.25) is 0 Å². The zero-order valence-electron chi connectivity index (χ0n) is 20.9. The molecule has 2 saturated heterocycles. The van der Waals surface area contributed by atoms with Gasteiger partial charge in [-0.2, -0.15) is 0 Å². The highest BCUT2D eigenvalue weighted by atomic mass is 16.5. The van der Waals surface area contributed by atoms with Gasteiger partial charge in [0.25, 0.3) is 11.8 Å². The van der Waals surface area contributed by atoms with Crippen molar-refractivity contribution >= 4 is 23.8 Å². The van der Waals surface area contributed by atoms with E-state index < -0.39 is 30.7 Å². The highest BCUT2D eigenvalue weighted by molar-refractivity contribution is 6.08. The van der Waals surface area contributed by atoms with Crippen LogP contribution in [0.5, 0.6) is 0 Å². The maximum Gasteiger partial charge on any atom is 0.326 e. The van der Waals surface area contributed by atoms with Crippen molar-refractivity contribution in [1.82, 2.24) is 20.4 Å². The van der Waals surface area contributed by atoms with Gasteiger partial charge in [0.15, 0.2) is 6.61 Å². The van der Waals surface area contributed by atoms with Crippen LogP contribution in [-0.2, 0) is 23.9 Å². The van der Waals surface area contributed by atoms with E-state index in [1.807, 2.05) is 0 Å². The summed E-state index contributed by atoms with van der Waals surface area (Å²) in [5.74, 6) is -0.923. The predicted molar refractivity (Wildman–Crippen MR) is 127 cm³/mol. The van der Waals surface area contributed by atoms with Crippen LogP contribution in [0, 0.1) is 5.92 Å². The molecule has 2 N–H and O–H groups in total. The topological polar surface area (TPSA) is 117 Å². The van der Waals surface area contributed by atoms with Gasteiger partial charge in [-0.05, 0) is 44.4 Å². The van der Waals surface area contributed by atoms with Gasteiger partial charge in [-0.25, -0.2) is 4.79 Å². The molecule has 0 aromatic heterocycles. The number of carbonyl (C=O) groups excluding carboxylic acids is 4. The van der Waals surface area contributed by atoms with E-state index in [0.717, 1.165) is 62.9 Å². The maximum absolute atomic E-state index is 13.0. The van der Waals surface area contributed by atoms with Crippen LogP contribution in [0.15, 0.2) is 0 Å². The van der Waals surface area contributed by atoms with E-state index in [-0.39, 0.29) is 17.4 Å². The minimum Gasteiger partial charge on any atom is -0.454 e. The van der Waals surface area contributed by atoms with Crippen molar-refractivity contribution < 1.29 is 28.7 Å². The normalized spacial score (nSPS) is 29.2. The second-order valence-corrected chi connectivity index (χ2v) is 10.6. The molecule has 4 aliphatic rings. The Bertz CT molecular complexity index is 798. The number of nitrogens with zero attached hydrogens (tertiary/aromatic N) is 2. The third-order valence-corrected chi connectivity index (χ3v) is 8.51. The summed E-state index contributed by atoms with van der Waals surface area (Å²) in [7, 11) is 0. The predicted octanol–water partition coefficient (Wildman–Crippen LogP) is 1.57. The van der Waals surface area contributed by atoms with Crippen LogP contribution in [0.1, 0.15) is 71.1 Å². The molecule has 10 nitrogen and oxygen atoms in total. The number of amides is 4. The second kappa shape index (κ2) is 11.2. The number of carbonyl (C=O) groups is 4. The number of ether oxygens (including phenoxy) is 2. The smallest absolute Gasteiger partial charge is 0.326 e. The van der Waals surface area contributed by atoms with Gasteiger partial charge in [0, 0.05) is 25.2 Å². The summed E-state index contributed by atoms with van der Waals surface area (Å²) < 4.78 is 10.6. The third kappa shape index (κ3) is 5.80. The van der Waals surface area contributed by atoms with Crippen LogP contribution in [0.4, 0.5) is 4.79 Å². The first kappa shape index (κ1) is 25.9.